The van der Waals surface area contributed by atoms with Crippen molar-refractivity contribution >= 4 is 5.96 Å². The lowest BCUT2D eigenvalue weighted by atomic mass is 10.1. The minimum absolute atomic E-state index is 0.305. The smallest absolute Gasteiger partial charge is 0.194 e. The average Bonchev–Trinajstić information content (AvgIpc) is 2.61. The molecule has 0 aromatic heterocycles. The number of hydrogen-bond acceptors (Lipinski definition) is 4. The first kappa shape index (κ1) is 18.1. The Morgan fingerprint density at radius 2 is 2.29 bits per heavy atom. The van der Waals surface area contributed by atoms with Gasteiger partial charge in [0.1, 0.15) is 0 Å². The maximum absolute atomic E-state index is 9.91. The Hall–Kier alpha value is -2.21. The number of β-amino-alcohol motifs (C(OH)–C–C–N with tert-alkyl or cyclic N) is 1. The summed E-state index contributed by atoms with van der Waals surface area (Å²) in [6, 6.07) is 5.76. The van der Waals surface area contributed by atoms with Crippen molar-refractivity contribution < 1.29 is 14.6 Å². The van der Waals surface area contributed by atoms with Gasteiger partial charge in [-0.1, -0.05) is 18.2 Å². The second-order valence-electron chi connectivity index (χ2n) is 5.70. The summed E-state index contributed by atoms with van der Waals surface area (Å²) in [6.45, 7) is 6.31. The van der Waals surface area contributed by atoms with E-state index in [0.717, 1.165) is 30.9 Å². The van der Waals surface area contributed by atoms with Gasteiger partial charge in [-0.05, 0) is 18.9 Å². The van der Waals surface area contributed by atoms with Crippen molar-refractivity contribution in [1.82, 2.24) is 10.2 Å². The van der Waals surface area contributed by atoms with E-state index in [2.05, 4.69) is 16.8 Å². The predicted octanol–water partition coefficient (Wildman–Crippen LogP) is 1.79. The molecule has 0 amide bonds. The normalized spacial score (nSPS) is 18.2. The van der Waals surface area contributed by atoms with Gasteiger partial charge in [0.2, 0.25) is 0 Å². The molecule has 24 heavy (non-hydrogen) atoms. The summed E-state index contributed by atoms with van der Waals surface area (Å²) < 4.78 is 10.8. The molecule has 1 aromatic carbocycles. The first-order chi connectivity index (χ1) is 11.7. The molecule has 132 valence electrons. The third kappa shape index (κ3) is 4.64. The molecule has 0 unspecified atom stereocenters. The van der Waals surface area contributed by atoms with Crippen molar-refractivity contribution in [2.24, 2.45) is 4.99 Å². The Morgan fingerprint density at radius 1 is 1.46 bits per heavy atom. The highest BCUT2D eigenvalue weighted by Crippen LogP contribution is 2.31. The van der Waals surface area contributed by atoms with Gasteiger partial charge in [-0.15, -0.1) is 6.58 Å². The van der Waals surface area contributed by atoms with Gasteiger partial charge in [-0.25, -0.2) is 4.99 Å². The molecule has 0 saturated carbocycles. The Labute approximate surface area is 143 Å². The number of rotatable bonds is 6. The molecule has 0 bridgehead atoms. The van der Waals surface area contributed by atoms with Gasteiger partial charge in [0.15, 0.2) is 17.5 Å². The predicted molar refractivity (Wildman–Crippen MR) is 95.7 cm³/mol. The number of guanidine groups is 1. The van der Waals surface area contributed by atoms with Crippen LogP contribution in [0, 0.1) is 0 Å². The van der Waals surface area contributed by atoms with Gasteiger partial charge in [0.05, 0.1) is 26.9 Å². The number of nitrogens with zero attached hydrogens (tertiary/aromatic N) is 2. The van der Waals surface area contributed by atoms with Crippen LogP contribution in [0.15, 0.2) is 35.8 Å². The fraction of sp³-hybridized carbons (Fsp3) is 0.500. The summed E-state index contributed by atoms with van der Waals surface area (Å²) in [5.41, 5.74) is 0.951. The van der Waals surface area contributed by atoms with E-state index in [1.54, 1.807) is 20.3 Å². The highest BCUT2D eigenvalue weighted by molar-refractivity contribution is 5.80. The first-order valence-corrected chi connectivity index (χ1v) is 8.21. The molecule has 6 nitrogen and oxygen atoms in total. The summed E-state index contributed by atoms with van der Waals surface area (Å²) in [6.07, 6.45) is 3.29. The van der Waals surface area contributed by atoms with Crippen LogP contribution in [0.2, 0.25) is 0 Å². The Balaban J connectivity index is 2.19. The number of benzene rings is 1. The van der Waals surface area contributed by atoms with E-state index in [4.69, 9.17) is 14.5 Å². The summed E-state index contributed by atoms with van der Waals surface area (Å²) in [7, 11) is 3.25. The van der Waals surface area contributed by atoms with E-state index in [9.17, 15) is 5.11 Å². The van der Waals surface area contributed by atoms with E-state index < -0.39 is 0 Å². The second-order valence-corrected chi connectivity index (χ2v) is 5.70. The Morgan fingerprint density at radius 3 is 2.96 bits per heavy atom. The molecule has 1 atom stereocenters. The Bertz CT molecular complexity index is 575. The molecule has 0 spiro atoms. The number of aliphatic imine (C=N–C) groups is 1. The SMILES string of the molecule is C=CCNC(=NCc1cccc(OC)c1OC)N1CCC[C@@H](O)C1. The molecule has 1 fully saturated rings. The van der Waals surface area contributed by atoms with Crippen molar-refractivity contribution in [2.75, 3.05) is 33.9 Å². The number of aliphatic hydroxyl groups excluding tert-OH is 1. The molecule has 1 aromatic rings. The largest absolute Gasteiger partial charge is 0.493 e. The molecule has 0 radical (unpaired) electrons. The molecular weight excluding hydrogens is 306 g/mol. The van der Waals surface area contributed by atoms with Gasteiger partial charge in [0.25, 0.3) is 0 Å². The highest BCUT2D eigenvalue weighted by Gasteiger charge is 2.20. The van der Waals surface area contributed by atoms with E-state index in [1.165, 1.54) is 0 Å². The zero-order valence-corrected chi connectivity index (χ0v) is 14.5. The lowest BCUT2D eigenvalue weighted by molar-refractivity contribution is 0.101. The average molecular weight is 333 g/mol. The molecule has 1 aliphatic rings. The van der Waals surface area contributed by atoms with Crippen LogP contribution < -0.4 is 14.8 Å². The van der Waals surface area contributed by atoms with Crippen LogP contribution in [-0.4, -0.2) is 55.9 Å². The molecule has 0 aliphatic carbocycles. The van der Waals surface area contributed by atoms with E-state index >= 15 is 0 Å². The standard InChI is InChI=1S/C18H27N3O3/c1-4-10-19-18(21-11-6-8-15(22)13-21)20-12-14-7-5-9-16(23-2)17(14)24-3/h4-5,7,9,15,22H,1,6,8,10-13H2,2-3H3,(H,19,20)/t15-/m1/s1. The van der Waals surface area contributed by atoms with Gasteiger partial charge >= 0.3 is 0 Å². The zero-order valence-electron chi connectivity index (χ0n) is 14.5. The lowest BCUT2D eigenvalue weighted by Gasteiger charge is -2.32. The Kier molecular flexibility index (Phi) is 6.93. The summed E-state index contributed by atoms with van der Waals surface area (Å²) >= 11 is 0. The fourth-order valence-corrected chi connectivity index (χ4v) is 2.82. The van der Waals surface area contributed by atoms with Crippen molar-refractivity contribution in [3.8, 4) is 11.5 Å². The molecule has 1 aliphatic heterocycles. The van der Waals surface area contributed by atoms with Gasteiger partial charge < -0.3 is 24.8 Å². The fourth-order valence-electron chi connectivity index (χ4n) is 2.82. The zero-order chi connectivity index (χ0) is 17.4. The van der Waals surface area contributed by atoms with E-state index in [1.807, 2.05) is 18.2 Å². The summed E-state index contributed by atoms with van der Waals surface area (Å²) in [5, 5.41) is 13.2. The molecule has 2 N–H and O–H groups in total. The van der Waals surface area contributed by atoms with Gasteiger partial charge in [-0.2, -0.15) is 0 Å². The van der Waals surface area contributed by atoms with Crippen LogP contribution in [0.1, 0.15) is 18.4 Å². The van der Waals surface area contributed by atoms with Gasteiger partial charge in [0, 0.05) is 25.2 Å². The van der Waals surface area contributed by atoms with Crippen LogP contribution in [0.5, 0.6) is 11.5 Å². The molecule has 6 heteroatoms. The molecule has 1 saturated heterocycles. The van der Waals surface area contributed by atoms with Crippen LogP contribution >= 0.6 is 0 Å². The van der Waals surface area contributed by atoms with Crippen molar-refractivity contribution in [2.45, 2.75) is 25.5 Å². The maximum Gasteiger partial charge on any atom is 0.194 e. The minimum Gasteiger partial charge on any atom is -0.493 e. The van der Waals surface area contributed by atoms with Crippen molar-refractivity contribution in [1.29, 1.82) is 0 Å². The quantitative estimate of drug-likeness (QED) is 0.472. The number of methoxy groups -OCH3 is 2. The maximum atomic E-state index is 9.91. The van der Waals surface area contributed by atoms with E-state index in [0.29, 0.717) is 31.1 Å². The van der Waals surface area contributed by atoms with Gasteiger partial charge in [-0.3, -0.25) is 0 Å². The molecule has 1 heterocycles. The summed E-state index contributed by atoms with van der Waals surface area (Å²) in [5.74, 6) is 2.17. The number of likely N-dealkylation sites (tertiary alicyclic amines) is 1. The van der Waals surface area contributed by atoms with Crippen LogP contribution in [0.25, 0.3) is 0 Å². The third-order valence-corrected chi connectivity index (χ3v) is 3.98. The molecule has 2 rings (SSSR count). The number of ether oxygens (including phenoxy) is 2. The van der Waals surface area contributed by atoms with Crippen molar-refractivity contribution in [3.63, 3.8) is 0 Å². The van der Waals surface area contributed by atoms with Crippen molar-refractivity contribution in [3.05, 3.63) is 36.4 Å². The van der Waals surface area contributed by atoms with Crippen LogP contribution in [0.4, 0.5) is 0 Å². The molecular formula is C18H27N3O3. The second kappa shape index (κ2) is 9.17. The minimum atomic E-state index is -0.305. The topological polar surface area (TPSA) is 66.3 Å². The van der Waals surface area contributed by atoms with E-state index in [-0.39, 0.29) is 6.10 Å². The monoisotopic (exact) mass is 333 g/mol. The number of hydrogen-bond donors (Lipinski definition) is 2. The number of piperidine rings is 1. The number of para-hydroxylation sites is 1. The van der Waals surface area contributed by atoms with Crippen LogP contribution in [-0.2, 0) is 6.54 Å². The number of nitrogens with one attached hydrogen (secondary N) is 1. The number of aliphatic hydroxyl groups is 1. The highest BCUT2D eigenvalue weighted by atomic mass is 16.5. The summed E-state index contributed by atoms with van der Waals surface area (Å²) in [4.78, 5) is 6.80. The van der Waals surface area contributed by atoms with Crippen LogP contribution in [0.3, 0.4) is 0 Å². The lowest BCUT2D eigenvalue weighted by Crippen LogP contribution is -2.48. The third-order valence-electron chi connectivity index (χ3n) is 3.98. The first-order valence-electron chi connectivity index (χ1n) is 8.21.